The zero-order chi connectivity index (χ0) is 34.6. The first kappa shape index (κ1) is 36.2. The van der Waals surface area contributed by atoms with Gasteiger partial charge in [-0.1, -0.05) is 63.8 Å². The number of benzene rings is 2. The van der Waals surface area contributed by atoms with Crippen LogP contribution in [0.25, 0.3) is 0 Å². The first-order valence-electron chi connectivity index (χ1n) is 17.7. The van der Waals surface area contributed by atoms with Crippen molar-refractivity contribution in [3.63, 3.8) is 0 Å². The highest BCUT2D eigenvalue weighted by Crippen LogP contribution is 2.58. The average molecular weight is 790 g/mol. The SMILES string of the molecule is CCCCCC1(CCCCC)O[C@@H]2[C@H](O1)[C@H]1ON(Cc3cccc(I)c3)[C@H]3C(=O)O[C@@H]2C[C@@]13C(=O)NCc1cccc(C(=O)NCCO)c1. The fraction of sp³-hybridized carbons (Fsp3) is 0.595. The van der Waals surface area contributed by atoms with Crippen LogP contribution in [0.15, 0.2) is 48.5 Å². The molecule has 0 unspecified atom stereocenters. The van der Waals surface area contributed by atoms with Gasteiger partial charge in [0, 0.05) is 41.5 Å². The van der Waals surface area contributed by atoms with Gasteiger partial charge in [0.15, 0.2) is 11.8 Å². The van der Waals surface area contributed by atoms with Gasteiger partial charge < -0.3 is 30.0 Å². The van der Waals surface area contributed by atoms with Crippen LogP contribution in [0.1, 0.15) is 93.1 Å². The molecule has 6 rings (SSSR count). The van der Waals surface area contributed by atoms with Gasteiger partial charge in [0.25, 0.3) is 5.91 Å². The summed E-state index contributed by atoms with van der Waals surface area (Å²) < 4.78 is 21.0. The molecule has 0 spiro atoms. The number of halogens is 1. The van der Waals surface area contributed by atoms with Gasteiger partial charge >= 0.3 is 5.97 Å². The van der Waals surface area contributed by atoms with Crippen LogP contribution in [-0.4, -0.2) is 77.3 Å². The van der Waals surface area contributed by atoms with E-state index in [-0.39, 0.29) is 44.5 Å². The standard InChI is InChI=1S/C37H48IN3O8/c1-3-5-7-15-36(16-8-6-4-2)47-29-28-21-37(35(45)40-22-24-11-9-13-26(19-24)33(43)39-17-18-42)31(34(44)46-28)41(49-32(37)30(29)48-36)23-25-12-10-14-27(38)20-25/h9-14,19-20,28-32,42H,3-8,15-18,21-23H2,1-2H3,(H,39,43)(H,40,45)/t28-,29+,30+,31+,32-,37+/m1/s1. The molecule has 0 radical (unpaired) electrons. The number of nitrogens with zero attached hydrogens (tertiary/aromatic N) is 1. The Hall–Kier alpha value is -2.62. The maximum atomic E-state index is 14.7. The maximum absolute atomic E-state index is 14.7. The number of fused-ring (bicyclic) bond motifs is 4. The summed E-state index contributed by atoms with van der Waals surface area (Å²) in [6, 6.07) is 14.0. The van der Waals surface area contributed by atoms with Gasteiger partial charge in [0.1, 0.15) is 29.8 Å². The second-order valence-electron chi connectivity index (χ2n) is 13.7. The van der Waals surface area contributed by atoms with E-state index in [0.717, 1.165) is 66.1 Å². The summed E-state index contributed by atoms with van der Waals surface area (Å²) in [5.41, 5.74) is 0.804. The second-order valence-corrected chi connectivity index (χ2v) is 15.0. The fourth-order valence-corrected chi connectivity index (χ4v) is 8.56. The smallest absolute Gasteiger partial charge is 0.327 e. The van der Waals surface area contributed by atoms with Crippen LogP contribution in [0.2, 0.25) is 0 Å². The van der Waals surface area contributed by atoms with E-state index in [0.29, 0.717) is 5.56 Å². The number of nitrogens with one attached hydrogen (secondary N) is 2. The minimum absolute atomic E-state index is 0.140. The molecule has 3 saturated heterocycles. The molecule has 266 valence electrons. The van der Waals surface area contributed by atoms with Crippen molar-refractivity contribution in [1.82, 2.24) is 15.7 Å². The van der Waals surface area contributed by atoms with Crippen LogP contribution >= 0.6 is 22.6 Å². The largest absolute Gasteiger partial charge is 0.458 e. The Bertz CT molecular complexity index is 1500. The lowest BCUT2D eigenvalue weighted by molar-refractivity contribution is -0.224. The van der Waals surface area contributed by atoms with Crippen LogP contribution in [0, 0.1) is 8.99 Å². The van der Waals surface area contributed by atoms with E-state index in [4.69, 9.17) is 24.2 Å². The van der Waals surface area contributed by atoms with Gasteiger partial charge in [-0.3, -0.25) is 19.2 Å². The molecule has 4 fully saturated rings. The molecule has 12 heteroatoms. The molecule has 0 aromatic heterocycles. The number of hydroxylamine groups is 2. The Morgan fingerprint density at radius 2 is 1.67 bits per heavy atom. The number of esters is 1. The van der Waals surface area contributed by atoms with Gasteiger partial charge in [0.05, 0.1) is 13.2 Å². The van der Waals surface area contributed by atoms with E-state index in [1.165, 1.54) is 0 Å². The van der Waals surface area contributed by atoms with Crippen LogP contribution in [0.5, 0.6) is 0 Å². The third-order valence-corrected chi connectivity index (χ3v) is 10.9. The van der Waals surface area contributed by atoms with Crippen molar-refractivity contribution < 1.29 is 38.5 Å². The monoisotopic (exact) mass is 789 g/mol. The van der Waals surface area contributed by atoms with Gasteiger partial charge in [-0.05, 0) is 70.8 Å². The summed E-state index contributed by atoms with van der Waals surface area (Å²) in [4.78, 5) is 47.9. The van der Waals surface area contributed by atoms with E-state index in [2.05, 4.69) is 47.1 Å². The summed E-state index contributed by atoms with van der Waals surface area (Å²) in [5.74, 6) is -1.96. The van der Waals surface area contributed by atoms with Crippen LogP contribution in [0.4, 0.5) is 0 Å². The normalized spacial score (nSPS) is 28.2. The molecule has 2 bridgehead atoms. The highest BCUT2D eigenvalue weighted by atomic mass is 127. The molecule has 2 amide bonds. The molecule has 1 aliphatic carbocycles. The Balaban J connectivity index is 1.31. The minimum Gasteiger partial charge on any atom is -0.458 e. The van der Waals surface area contributed by atoms with Gasteiger partial charge in [-0.15, -0.1) is 0 Å². The molecule has 1 saturated carbocycles. The van der Waals surface area contributed by atoms with Crippen molar-refractivity contribution in [2.24, 2.45) is 5.41 Å². The Morgan fingerprint density at radius 1 is 0.959 bits per heavy atom. The zero-order valence-corrected chi connectivity index (χ0v) is 30.5. The van der Waals surface area contributed by atoms with Gasteiger partial charge in [0.2, 0.25) is 5.91 Å². The van der Waals surface area contributed by atoms with Gasteiger partial charge in [-0.25, -0.2) is 0 Å². The molecule has 3 aliphatic heterocycles. The molecule has 3 N–H and O–H groups in total. The first-order valence-corrected chi connectivity index (χ1v) is 18.8. The summed E-state index contributed by atoms with van der Waals surface area (Å²) in [6.07, 6.45) is 5.24. The lowest BCUT2D eigenvalue weighted by atomic mass is 9.62. The number of aliphatic hydroxyl groups excluding tert-OH is 1. The van der Waals surface area contributed by atoms with Crippen molar-refractivity contribution in [2.75, 3.05) is 13.2 Å². The highest BCUT2D eigenvalue weighted by Gasteiger charge is 2.76. The molecule has 49 heavy (non-hydrogen) atoms. The van der Waals surface area contributed by atoms with E-state index >= 15 is 0 Å². The average Bonchev–Trinajstić information content (AvgIpc) is 3.65. The molecule has 4 aliphatic rings. The molecule has 2 aromatic rings. The van der Waals surface area contributed by atoms with Crippen molar-refractivity contribution in [1.29, 1.82) is 0 Å². The lowest BCUT2D eigenvalue weighted by Gasteiger charge is -2.48. The number of ether oxygens (including phenoxy) is 3. The molecule has 2 aromatic carbocycles. The number of rotatable bonds is 16. The topological polar surface area (TPSA) is 136 Å². The fourth-order valence-electron chi connectivity index (χ4n) is 7.95. The molecular formula is C37H48IN3O8. The second kappa shape index (κ2) is 15.7. The van der Waals surface area contributed by atoms with Crippen molar-refractivity contribution in [2.45, 2.75) is 121 Å². The van der Waals surface area contributed by atoms with Crippen molar-refractivity contribution in [3.05, 3.63) is 68.8 Å². The highest BCUT2D eigenvalue weighted by molar-refractivity contribution is 14.1. The Labute approximate surface area is 301 Å². The number of carbonyl (C=O) groups excluding carboxylic acids is 3. The van der Waals surface area contributed by atoms with E-state index in [1.54, 1.807) is 23.3 Å². The number of aliphatic hydroxyl groups is 1. The Kier molecular flexibility index (Phi) is 11.6. The summed E-state index contributed by atoms with van der Waals surface area (Å²) >= 11 is 2.26. The van der Waals surface area contributed by atoms with E-state index in [9.17, 15) is 14.4 Å². The Morgan fingerprint density at radius 3 is 2.39 bits per heavy atom. The lowest BCUT2D eigenvalue weighted by Crippen LogP contribution is -2.69. The third kappa shape index (κ3) is 7.41. The number of hydrogen-bond donors (Lipinski definition) is 3. The van der Waals surface area contributed by atoms with Crippen LogP contribution in [-0.2, 0) is 41.7 Å². The summed E-state index contributed by atoms with van der Waals surface area (Å²) in [6.45, 7) is 4.75. The maximum Gasteiger partial charge on any atom is 0.327 e. The van der Waals surface area contributed by atoms with Crippen molar-refractivity contribution in [3.8, 4) is 0 Å². The van der Waals surface area contributed by atoms with Crippen LogP contribution in [0.3, 0.4) is 0 Å². The minimum atomic E-state index is -1.29. The van der Waals surface area contributed by atoms with E-state index < -0.39 is 47.6 Å². The van der Waals surface area contributed by atoms with Crippen molar-refractivity contribution >= 4 is 40.4 Å². The first-order chi connectivity index (χ1) is 23.7. The molecule has 6 atom stereocenters. The molecular weight excluding hydrogens is 741 g/mol. The summed E-state index contributed by atoms with van der Waals surface area (Å²) in [5, 5.41) is 16.5. The molecule has 3 heterocycles. The number of carbonyl (C=O) groups is 3. The van der Waals surface area contributed by atoms with Crippen LogP contribution < -0.4 is 10.6 Å². The number of amides is 2. The zero-order valence-electron chi connectivity index (χ0n) is 28.3. The van der Waals surface area contributed by atoms with Gasteiger partial charge in [-0.2, -0.15) is 5.06 Å². The predicted octanol–water partition coefficient (Wildman–Crippen LogP) is 4.77. The third-order valence-electron chi connectivity index (χ3n) is 10.3. The summed E-state index contributed by atoms with van der Waals surface area (Å²) in [7, 11) is 0. The van der Waals surface area contributed by atoms with E-state index in [1.807, 2.05) is 30.3 Å². The predicted molar refractivity (Wildman–Crippen MR) is 189 cm³/mol. The quantitative estimate of drug-likeness (QED) is 0.125. The number of hydrogen-bond acceptors (Lipinski definition) is 9. The number of unbranched alkanes of at least 4 members (excludes halogenated alkanes) is 4. The molecule has 11 nitrogen and oxygen atoms in total.